The van der Waals surface area contributed by atoms with Crippen molar-refractivity contribution >= 4 is 5.91 Å². The van der Waals surface area contributed by atoms with Crippen molar-refractivity contribution in [2.24, 2.45) is 0 Å². The van der Waals surface area contributed by atoms with E-state index in [1.54, 1.807) is 18.2 Å². The molecular weight excluding hydrogens is 333 g/mol. The monoisotopic (exact) mass is 353 g/mol. The number of hydrogen-bond donors (Lipinski definition) is 1. The zero-order valence-electron chi connectivity index (χ0n) is 14.6. The molecule has 2 aromatic carbocycles. The van der Waals surface area contributed by atoms with E-state index in [-0.39, 0.29) is 23.5 Å². The lowest BCUT2D eigenvalue weighted by molar-refractivity contribution is 0.0933. The second kappa shape index (κ2) is 7.93. The zero-order chi connectivity index (χ0) is 18.5. The Morgan fingerprint density at radius 3 is 2.50 bits per heavy atom. The Morgan fingerprint density at radius 2 is 1.85 bits per heavy atom. The molecule has 1 aromatic heterocycles. The number of halogens is 1. The number of carbonyl (C=O) groups excluding carboxylic acids is 1. The average molecular weight is 353 g/mol. The molecule has 0 aliphatic carbocycles. The van der Waals surface area contributed by atoms with Gasteiger partial charge in [0.2, 0.25) is 0 Å². The minimum absolute atomic E-state index is 0.0833. The average Bonchev–Trinajstić information content (AvgIpc) is 3.14. The lowest BCUT2D eigenvalue weighted by Gasteiger charge is -2.25. The van der Waals surface area contributed by atoms with Gasteiger partial charge in [0.25, 0.3) is 5.91 Å². The van der Waals surface area contributed by atoms with Crippen LogP contribution in [-0.2, 0) is 0 Å². The Balaban J connectivity index is 1.67. The summed E-state index contributed by atoms with van der Waals surface area (Å²) in [5, 5.41) is 6.71. The molecule has 134 valence electrons. The van der Waals surface area contributed by atoms with Crippen LogP contribution in [0.25, 0.3) is 11.3 Å². The minimum Gasteiger partial charge on any atom is -0.355 e. The van der Waals surface area contributed by atoms with Crippen LogP contribution in [0.5, 0.6) is 0 Å². The summed E-state index contributed by atoms with van der Waals surface area (Å²) in [5.74, 6) is -0.0605. The topological polar surface area (TPSA) is 58.4 Å². The molecule has 0 fully saturated rings. The predicted molar refractivity (Wildman–Crippen MR) is 97.1 cm³/mol. The quantitative estimate of drug-likeness (QED) is 0.737. The summed E-state index contributed by atoms with van der Waals surface area (Å²) in [5.41, 5.74) is 2.00. The van der Waals surface area contributed by atoms with E-state index in [0.29, 0.717) is 12.3 Å². The van der Waals surface area contributed by atoms with Gasteiger partial charge in [-0.3, -0.25) is 4.79 Å². The van der Waals surface area contributed by atoms with Crippen molar-refractivity contribution in [2.45, 2.75) is 6.04 Å². The minimum atomic E-state index is -0.315. The Labute approximate surface area is 151 Å². The first-order chi connectivity index (χ1) is 12.5. The Kier molecular flexibility index (Phi) is 5.43. The number of hydrogen-bond acceptors (Lipinski definition) is 4. The van der Waals surface area contributed by atoms with Crippen molar-refractivity contribution in [1.29, 1.82) is 0 Å². The van der Waals surface area contributed by atoms with Gasteiger partial charge in [-0.05, 0) is 31.8 Å². The molecule has 0 spiro atoms. The molecule has 5 nitrogen and oxygen atoms in total. The summed E-state index contributed by atoms with van der Waals surface area (Å²) in [6.07, 6.45) is 0. The molecule has 3 aromatic rings. The third-order valence-corrected chi connectivity index (χ3v) is 4.14. The molecule has 1 amide bonds. The lowest BCUT2D eigenvalue weighted by Crippen LogP contribution is -2.34. The van der Waals surface area contributed by atoms with Crippen molar-refractivity contribution in [3.05, 3.63) is 77.7 Å². The summed E-state index contributed by atoms with van der Waals surface area (Å²) < 4.78 is 18.4. The number of nitrogens with zero attached hydrogens (tertiary/aromatic N) is 2. The largest absolute Gasteiger partial charge is 0.355 e. The molecule has 0 radical (unpaired) electrons. The molecule has 0 aliphatic rings. The second-order valence-corrected chi connectivity index (χ2v) is 6.18. The van der Waals surface area contributed by atoms with E-state index >= 15 is 0 Å². The van der Waals surface area contributed by atoms with Gasteiger partial charge < -0.3 is 14.7 Å². The molecular formula is C20H20FN3O2. The van der Waals surface area contributed by atoms with Gasteiger partial charge >= 0.3 is 0 Å². The molecule has 0 aliphatic heterocycles. The zero-order valence-corrected chi connectivity index (χ0v) is 14.6. The van der Waals surface area contributed by atoms with Crippen LogP contribution in [0.2, 0.25) is 0 Å². The number of nitrogens with one attached hydrogen (secondary N) is 1. The molecule has 1 heterocycles. The van der Waals surface area contributed by atoms with Crippen LogP contribution < -0.4 is 5.32 Å². The van der Waals surface area contributed by atoms with Crippen LogP contribution in [0, 0.1) is 5.82 Å². The number of amides is 1. The van der Waals surface area contributed by atoms with Gasteiger partial charge in [-0.25, -0.2) is 4.39 Å². The van der Waals surface area contributed by atoms with Gasteiger partial charge in [-0.1, -0.05) is 47.6 Å². The van der Waals surface area contributed by atoms with E-state index < -0.39 is 0 Å². The Morgan fingerprint density at radius 1 is 1.15 bits per heavy atom. The molecule has 26 heavy (non-hydrogen) atoms. The molecule has 1 atom stereocenters. The van der Waals surface area contributed by atoms with E-state index in [2.05, 4.69) is 10.5 Å². The van der Waals surface area contributed by atoms with E-state index in [9.17, 15) is 9.18 Å². The predicted octanol–water partition coefficient (Wildman–Crippen LogP) is 3.51. The summed E-state index contributed by atoms with van der Waals surface area (Å²) in [6, 6.07) is 17.3. The van der Waals surface area contributed by atoms with Gasteiger partial charge in [0, 0.05) is 18.2 Å². The third kappa shape index (κ3) is 4.15. The van der Waals surface area contributed by atoms with E-state index in [1.165, 1.54) is 12.1 Å². The van der Waals surface area contributed by atoms with Gasteiger partial charge in [-0.15, -0.1) is 0 Å². The molecule has 6 heteroatoms. The molecule has 0 saturated heterocycles. The van der Waals surface area contributed by atoms with Crippen molar-refractivity contribution in [1.82, 2.24) is 15.4 Å². The highest BCUT2D eigenvalue weighted by atomic mass is 19.1. The summed E-state index contributed by atoms with van der Waals surface area (Å²) in [6.45, 7) is 0.366. The van der Waals surface area contributed by atoms with Crippen LogP contribution in [0.4, 0.5) is 4.39 Å². The smallest absolute Gasteiger partial charge is 0.273 e. The Hall–Kier alpha value is -2.99. The van der Waals surface area contributed by atoms with Crippen LogP contribution in [0.15, 0.2) is 65.2 Å². The first kappa shape index (κ1) is 17.8. The molecule has 3 rings (SSSR count). The first-order valence-corrected chi connectivity index (χ1v) is 8.27. The van der Waals surface area contributed by atoms with Crippen LogP contribution in [-0.4, -0.2) is 36.6 Å². The normalized spacial score (nSPS) is 12.2. The van der Waals surface area contributed by atoms with Crippen molar-refractivity contribution in [3.8, 4) is 11.3 Å². The number of carbonyl (C=O) groups is 1. The molecule has 0 saturated carbocycles. The highest BCUT2D eigenvalue weighted by Gasteiger charge is 2.18. The van der Waals surface area contributed by atoms with Gasteiger partial charge in [0.1, 0.15) is 5.82 Å². The maximum atomic E-state index is 13.1. The van der Waals surface area contributed by atoms with Crippen molar-refractivity contribution < 1.29 is 13.7 Å². The van der Waals surface area contributed by atoms with Crippen LogP contribution in [0.3, 0.4) is 0 Å². The maximum Gasteiger partial charge on any atom is 0.273 e. The third-order valence-electron chi connectivity index (χ3n) is 4.14. The number of rotatable bonds is 6. The van der Waals surface area contributed by atoms with Gasteiger partial charge in [-0.2, -0.15) is 0 Å². The first-order valence-electron chi connectivity index (χ1n) is 8.27. The van der Waals surface area contributed by atoms with E-state index in [4.69, 9.17) is 4.52 Å². The lowest BCUT2D eigenvalue weighted by atomic mass is 10.1. The SMILES string of the molecule is CN(C)[C@H](CNC(=O)c1cc(-c2ccccc2)on1)c1ccc(F)cc1. The fourth-order valence-corrected chi connectivity index (χ4v) is 2.68. The fraction of sp³-hybridized carbons (Fsp3) is 0.200. The summed E-state index contributed by atoms with van der Waals surface area (Å²) >= 11 is 0. The van der Waals surface area contributed by atoms with Crippen LogP contribution >= 0.6 is 0 Å². The number of benzene rings is 2. The van der Waals surface area contributed by atoms with Crippen LogP contribution in [0.1, 0.15) is 22.1 Å². The van der Waals surface area contributed by atoms with Crippen molar-refractivity contribution in [2.75, 3.05) is 20.6 Å². The summed E-state index contributed by atoms with van der Waals surface area (Å²) in [4.78, 5) is 14.4. The van der Waals surface area contributed by atoms with Crippen molar-refractivity contribution in [3.63, 3.8) is 0 Å². The van der Waals surface area contributed by atoms with Gasteiger partial charge in [0.05, 0.1) is 6.04 Å². The standard InChI is InChI=1S/C20H20FN3O2/c1-24(2)18(14-8-10-16(21)11-9-14)13-22-20(25)17-12-19(26-23-17)15-6-4-3-5-7-15/h3-12,18H,13H2,1-2H3,(H,22,25)/t18-/m1/s1. The highest BCUT2D eigenvalue weighted by molar-refractivity contribution is 5.93. The maximum absolute atomic E-state index is 13.1. The Bertz CT molecular complexity index is 860. The summed E-state index contributed by atoms with van der Waals surface area (Å²) in [7, 11) is 3.81. The van der Waals surface area contributed by atoms with E-state index in [0.717, 1.165) is 11.1 Å². The van der Waals surface area contributed by atoms with E-state index in [1.807, 2.05) is 49.3 Å². The fourth-order valence-electron chi connectivity index (χ4n) is 2.68. The number of aromatic nitrogens is 1. The molecule has 1 N–H and O–H groups in total. The highest BCUT2D eigenvalue weighted by Crippen LogP contribution is 2.20. The second-order valence-electron chi connectivity index (χ2n) is 6.18. The number of likely N-dealkylation sites (N-methyl/N-ethyl adjacent to an activating group) is 1. The molecule has 0 bridgehead atoms. The van der Waals surface area contributed by atoms with Gasteiger partial charge in [0.15, 0.2) is 11.5 Å². The molecule has 0 unspecified atom stereocenters.